The Morgan fingerprint density at radius 3 is 2.61 bits per heavy atom. The molecule has 1 aromatic carbocycles. The van der Waals surface area contributed by atoms with E-state index in [-0.39, 0.29) is 17.4 Å². The molecule has 5 heterocycles. The molecule has 9 heteroatoms. The summed E-state index contributed by atoms with van der Waals surface area (Å²) in [5.74, 6) is 2.36. The van der Waals surface area contributed by atoms with Crippen molar-refractivity contribution in [2.45, 2.75) is 57.2 Å². The van der Waals surface area contributed by atoms with Gasteiger partial charge < -0.3 is 24.2 Å². The van der Waals surface area contributed by atoms with Crippen LogP contribution in [-0.2, 0) is 6.42 Å². The van der Waals surface area contributed by atoms with Crippen molar-refractivity contribution in [3.8, 4) is 17.0 Å². The Kier molecular flexibility index (Phi) is 5.67. The molecule has 0 unspecified atom stereocenters. The van der Waals surface area contributed by atoms with Gasteiger partial charge in [-0.3, -0.25) is 9.78 Å². The number of aliphatic hydroxyl groups excluding tert-OH is 1. The summed E-state index contributed by atoms with van der Waals surface area (Å²) < 4.78 is 11.8. The summed E-state index contributed by atoms with van der Waals surface area (Å²) in [6.45, 7) is 6.72. The first-order valence-corrected chi connectivity index (χ1v) is 12.7. The van der Waals surface area contributed by atoms with Gasteiger partial charge in [-0.2, -0.15) is 4.98 Å². The summed E-state index contributed by atoms with van der Waals surface area (Å²) in [5.41, 5.74) is 3.41. The topological polar surface area (TPSA) is 105 Å². The lowest BCUT2D eigenvalue weighted by Gasteiger charge is -2.38. The Labute approximate surface area is 210 Å². The van der Waals surface area contributed by atoms with E-state index in [1.165, 1.54) is 5.56 Å². The smallest absolute Gasteiger partial charge is 0.266 e. The number of piperidine rings is 1. The molecule has 1 amide bonds. The van der Waals surface area contributed by atoms with E-state index in [9.17, 15) is 9.90 Å². The minimum atomic E-state index is -0.418. The molecule has 0 bridgehead atoms. The second-order valence-corrected chi connectivity index (χ2v) is 10.5. The fourth-order valence-corrected chi connectivity index (χ4v) is 5.36. The molecule has 2 fully saturated rings. The monoisotopic (exact) mass is 489 g/mol. The number of carbonyl (C=O) groups excluding carboxylic acids is 1. The average molecular weight is 490 g/mol. The molecule has 188 valence electrons. The standard InChI is InChI=1S/C27H31N5O4/c1-17(2)24-29-26(30-36-24)31-11-8-27(9-12-31)14-20-13-22(28-15-23(20)35-27)18-3-5-19(6-4-18)25(34)32-10-7-21(33)16-32/h3-6,13,15,17,21,33H,7-12,14,16H2,1-2H3/t21-/m1/s1. The number of ether oxygens (including phenoxy) is 1. The summed E-state index contributed by atoms with van der Waals surface area (Å²) in [6, 6.07) is 9.67. The lowest BCUT2D eigenvalue weighted by molar-refractivity contribution is 0.0661. The number of nitrogens with zero attached hydrogens (tertiary/aromatic N) is 5. The van der Waals surface area contributed by atoms with Gasteiger partial charge in [0.1, 0.15) is 11.4 Å². The maximum Gasteiger partial charge on any atom is 0.266 e. The van der Waals surface area contributed by atoms with E-state index in [1.807, 2.05) is 44.3 Å². The van der Waals surface area contributed by atoms with Crippen molar-refractivity contribution in [3.05, 3.63) is 53.5 Å². The summed E-state index contributed by atoms with van der Waals surface area (Å²) >= 11 is 0. The number of rotatable bonds is 4. The van der Waals surface area contributed by atoms with Gasteiger partial charge in [-0.1, -0.05) is 26.0 Å². The Bertz CT molecular complexity index is 1260. The minimum Gasteiger partial charge on any atom is -0.485 e. The number of amides is 1. The third-order valence-corrected chi connectivity index (χ3v) is 7.55. The first-order chi connectivity index (χ1) is 17.4. The predicted molar refractivity (Wildman–Crippen MR) is 133 cm³/mol. The minimum absolute atomic E-state index is 0.0389. The van der Waals surface area contributed by atoms with Gasteiger partial charge in [0.25, 0.3) is 11.9 Å². The van der Waals surface area contributed by atoms with E-state index in [0.717, 1.165) is 49.4 Å². The van der Waals surface area contributed by atoms with E-state index in [2.05, 4.69) is 26.1 Å². The highest BCUT2D eigenvalue weighted by Crippen LogP contribution is 2.42. The number of likely N-dealkylation sites (tertiary alicyclic amines) is 1. The van der Waals surface area contributed by atoms with Crippen molar-refractivity contribution in [2.24, 2.45) is 0 Å². The number of aliphatic hydroxyl groups is 1. The van der Waals surface area contributed by atoms with Gasteiger partial charge in [-0.25, -0.2) is 0 Å². The fourth-order valence-electron chi connectivity index (χ4n) is 5.36. The van der Waals surface area contributed by atoms with Crippen molar-refractivity contribution >= 4 is 11.9 Å². The second-order valence-electron chi connectivity index (χ2n) is 10.5. The number of carbonyl (C=O) groups is 1. The number of pyridine rings is 1. The third kappa shape index (κ3) is 4.21. The van der Waals surface area contributed by atoms with Gasteiger partial charge in [0.05, 0.1) is 18.0 Å². The Balaban J connectivity index is 1.12. The van der Waals surface area contributed by atoms with E-state index >= 15 is 0 Å². The molecule has 2 saturated heterocycles. The number of hydrogen-bond acceptors (Lipinski definition) is 8. The quantitative estimate of drug-likeness (QED) is 0.594. The number of hydrogen-bond donors (Lipinski definition) is 1. The van der Waals surface area contributed by atoms with Crippen molar-refractivity contribution in [3.63, 3.8) is 0 Å². The fraction of sp³-hybridized carbons (Fsp3) is 0.481. The van der Waals surface area contributed by atoms with Crippen LogP contribution in [0, 0.1) is 0 Å². The van der Waals surface area contributed by atoms with Crippen molar-refractivity contribution in [1.82, 2.24) is 20.0 Å². The van der Waals surface area contributed by atoms with Gasteiger partial charge in [0, 0.05) is 68.0 Å². The Morgan fingerprint density at radius 1 is 1.17 bits per heavy atom. The van der Waals surface area contributed by atoms with Crippen LogP contribution < -0.4 is 9.64 Å². The Hall–Kier alpha value is -3.46. The van der Waals surface area contributed by atoms with Gasteiger partial charge in [0.15, 0.2) is 0 Å². The van der Waals surface area contributed by atoms with Crippen molar-refractivity contribution < 1.29 is 19.2 Å². The predicted octanol–water partition coefficient (Wildman–Crippen LogP) is 3.44. The van der Waals surface area contributed by atoms with Crippen molar-refractivity contribution in [2.75, 3.05) is 31.1 Å². The molecule has 6 rings (SSSR count). The van der Waals surface area contributed by atoms with Gasteiger partial charge >= 0.3 is 0 Å². The molecule has 0 aliphatic carbocycles. The van der Waals surface area contributed by atoms with Crippen LogP contribution in [0.2, 0.25) is 0 Å². The molecule has 9 nitrogen and oxygen atoms in total. The molecule has 0 radical (unpaired) electrons. The molecular weight excluding hydrogens is 458 g/mol. The van der Waals surface area contributed by atoms with Crippen LogP contribution in [-0.4, -0.2) is 68.9 Å². The summed E-state index contributed by atoms with van der Waals surface area (Å²) in [4.78, 5) is 25.7. The number of aromatic nitrogens is 3. The van der Waals surface area contributed by atoms with Crippen LogP contribution in [0.15, 0.2) is 41.1 Å². The van der Waals surface area contributed by atoms with E-state index < -0.39 is 6.10 Å². The summed E-state index contributed by atoms with van der Waals surface area (Å²) in [7, 11) is 0. The highest BCUT2D eigenvalue weighted by Gasteiger charge is 2.43. The van der Waals surface area contributed by atoms with Crippen molar-refractivity contribution in [1.29, 1.82) is 0 Å². The lowest BCUT2D eigenvalue weighted by Crippen LogP contribution is -2.47. The average Bonchev–Trinajstić information content (AvgIpc) is 3.62. The molecule has 1 spiro atoms. The normalized spacial score (nSPS) is 20.7. The largest absolute Gasteiger partial charge is 0.485 e. The maximum absolute atomic E-state index is 12.7. The van der Waals surface area contributed by atoms with Gasteiger partial charge in [-0.15, -0.1) is 0 Å². The molecule has 3 aromatic rings. The third-order valence-electron chi connectivity index (χ3n) is 7.55. The van der Waals surface area contributed by atoms with E-state index in [0.29, 0.717) is 36.9 Å². The molecule has 2 aromatic heterocycles. The molecule has 0 saturated carbocycles. The van der Waals surface area contributed by atoms with E-state index in [1.54, 1.807) is 4.90 Å². The van der Waals surface area contributed by atoms with Crippen LogP contribution in [0.4, 0.5) is 5.95 Å². The highest BCUT2D eigenvalue weighted by molar-refractivity contribution is 5.94. The SMILES string of the molecule is CC(C)c1nc(N2CCC3(CC2)Cc2cc(-c4ccc(C(=O)N5CC[C@@H](O)C5)cc4)ncc2O3)no1. The first-order valence-electron chi connectivity index (χ1n) is 12.7. The van der Waals surface area contributed by atoms with Gasteiger partial charge in [0.2, 0.25) is 5.89 Å². The summed E-state index contributed by atoms with van der Waals surface area (Å²) in [6.07, 6.45) is 4.65. The molecule has 3 aliphatic heterocycles. The summed E-state index contributed by atoms with van der Waals surface area (Å²) in [5, 5.41) is 13.9. The van der Waals surface area contributed by atoms with Crippen LogP contribution >= 0.6 is 0 Å². The molecule has 1 N–H and O–H groups in total. The zero-order valence-electron chi connectivity index (χ0n) is 20.7. The highest BCUT2D eigenvalue weighted by atomic mass is 16.5. The molecule has 3 aliphatic rings. The Morgan fingerprint density at radius 2 is 1.94 bits per heavy atom. The van der Waals surface area contributed by atoms with Crippen LogP contribution in [0.25, 0.3) is 11.3 Å². The molecule has 1 atom stereocenters. The number of benzene rings is 1. The molecule has 36 heavy (non-hydrogen) atoms. The van der Waals surface area contributed by atoms with Crippen LogP contribution in [0.1, 0.15) is 60.8 Å². The van der Waals surface area contributed by atoms with Gasteiger partial charge in [-0.05, 0) is 29.8 Å². The van der Waals surface area contributed by atoms with Crippen LogP contribution in [0.3, 0.4) is 0 Å². The zero-order chi connectivity index (χ0) is 24.9. The lowest BCUT2D eigenvalue weighted by atomic mass is 9.87. The first kappa shape index (κ1) is 23.0. The second kappa shape index (κ2) is 8.89. The number of anilines is 1. The van der Waals surface area contributed by atoms with Crippen LogP contribution in [0.5, 0.6) is 5.75 Å². The van der Waals surface area contributed by atoms with E-state index in [4.69, 9.17) is 9.26 Å². The zero-order valence-corrected chi connectivity index (χ0v) is 20.7. The maximum atomic E-state index is 12.7. The molecular formula is C27H31N5O4. The number of β-amino-alcohol motifs (C(OH)–C–C–N with tert-alkyl or cyclic N) is 1. The number of fused-ring (bicyclic) bond motifs is 1.